The van der Waals surface area contributed by atoms with E-state index in [1.165, 1.54) is 19.3 Å². The zero-order chi connectivity index (χ0) is 13.4. The molecule has 1 amide bonds. The number of hydrogen-bond donors (Lipinski definition) is 1. The van der Waals surface area contributed by atoms with E-state index in [-0.39, 0.29) is 24.3 Å². The quantitative estimate of drug-likeness (QED) is 0.832. The van der Waals surface area contributed by atoms with Crippen molar-refractivity contribution >= 4 is 11.9 Å². The Morgan fingerprint density at radius 3 is 2.74 bits per heavy atom. The van der Waals surface area contributed by atoms with Gasteiger partial charge in [-0.3, -0.25) is 9.59 Å². The van der Waals surface area contributed by atoms with Gasteiger partial charge in [0.1, 0.15) is 0 Å². The number of ether oxygens (including phenoxy) is 1. The Morgan fingerprint density at radius 2 is 2.11 bits per heavy atom. The Labute approximate surface area is 112 Å². The summed E-state index contributed by atoms with van der Waals surface area (Å²) in [6.45, 7) is 1.52. The van der Waals surface area contributed by atoms with Crippen LogP contribution in [0.5, 0.6) is 0 Å². The molecule has 0 aromatic heterocycles. The van der Waals surface area contributed by atoms with Crippen molar-refractivity contribution in [3.8, 4) is 0 Å². The Bertz CT molecular complexity index is 384. The lowest BCUT2D eigenvalue weighted by molar-refractivity contribution is -0.150. The predicted octanol–water partition coefficient (Wildman–Crippen LogP) is 1.12. The fourth-order valence-corrected chi connectivity index (χ4v) is 4.02. The van der Waals surface area contributed by atoms with Gasteiger partial charge in [-0.2, -0.15) is 0 Å². The van der Waals surface area contributed by atoms with Crippen LogP contribution in [0, 0.1) is 17.8 Å². The van der Waals surface area contributed by atoms with Crippen molar-refractivity contribution in [3.05, 3.63) is 0 Å². The third-order valence-electron chi connectivity index (χ3n) is 4.91. The molecule has 0 spiro atoms. The molecule has 19 heavy (non-hydrogen) atoms. The standard InChI is InChI=1S/C14H21NO4/c16-13(17)7-11-8-15(3-4-19-11)14(18)12-6-9-1-2-10(12)5-9/h9-12H,1-8H2,(H,16,17). The molecule has 1 saturated heterocycles. The predicted molar refractivity (Wildman–Crippen MR) is 67.5 cm³/mol. The van der Waals surface area contributed by atoms with E-state index in [1.54, 1.807) is 0 Å². The van der Waals surface area contributed by atoms with Crippen molar-refractivity contribution in [1.29, 1.82) is 0 Å². The lowest BCUT2D eigenvalue weighted by atomic mass is 9.87. The van der Waals surface area contributed by atoms with Crippen molar-refractivity contribution in [2.24, 2.45) is 17.8 Å². The monoisotopic (exact) mass is 267 g/mol. The van der Waals surface area contributed by atoms with Gasteiger partial charge < -0.3 is 14.7 Å². The van der Waals surface area contributed by atoms with Gasteiger partial charge in [0.15, 0.2) is 0 Å². The molecule has 4 unspecified atom stereocenters. The van der Waals surface area contributed by atoms with Gasteiger partial charge in [0.2, 0.25) is 5.91 Å². The zero-order valence-corrected chi connectivity index (χ0v) is 11.1. The van der Waals surface area contributed by atoms with Crippen LogP contribution in [0.1, 0.15) is 32.1 Å². The first-order chi connectivity index (χ1) is 9.13. The Morgan fingerprint density at radius 1 is 1.26 bits per heavy atom. The average molecular weight is 267 g/mol. The van der Waals surface area contributed by atoms with Gasteiger partial charge in [0.25, 0.3) is 0 Å². The van der Waals surface area contributed by atoms with Crippen LogP contribution in [0.3, 0.4) is 0 Å². The van der Waals surface area contributed by atoms with Crippen LogP contribution in [0.4, 0.5) is 0 Å². The van der Waals surface area contributed by atoms with E-state index in [0.29, 0.717) is 25.6 Å². The second-order valence-electron chi connectivity index (χ2n) is 6.16. The second kappa shape index (κ2) is 5.12. The second-order valence-corrected chi connectivity index (χ2v) is 6.16. The fraction of sp³-hybridized carbons (Fsp3) is 0.857. The van der Waals surface area contributed by atoms with Crippen molar-refractivity contribution in [1.82, 2.24) is 4.90 Å². The lowest BCUT2D eigenvalue weighted by Crippen LogP contribution is -2.49. The van der Waals surface area contributed by atoms with Crippen molar-refractivity contribution < 1.29 is 19.4 Å². The number of carbonyl (C=O) groups is 2. The minimum Gasteiger partial charge on any atom is -0.481 e. The van der Waals surface area contributed by atoms with Gasteiger partial charge in [0, 0.05) is 19.0 Å². The fourth-order valence-electron chi connectivity index (χ4n) is 4.02. The van der Waals surface area contributed by atoms with Crippen LogP contribution in [0.15, 0.2) is 0 Å². The number of amides is 1. The van der Waals surface area contributed by atoms with Crippen molar-refractivity contribution in [2.45, 2.75) is 38.2 Å². The zero-order valence-electron chi connectivity index (χ0n) is 11.1. The van der Waals surface area contributed by atoms with E-state index < -0.39 is 5.97 Å². The minimum absolute atomic E-state index is 0.0134. The number of nitrogens with zero attached hydrogens (tertiary/aromatic N) is 1. The highest BCUT2D eigenvalue weighted by Crippen LogP contribution is 2.48. The van der Waals surface area contributed by atoms with E-state index in [4.69, 9.17) is 9.84 Å². The molecule has 4 atom stereocenters. The number of carboxylic acid groups (broad SMARTS) is 1. The molecular formula is C14H21NO4. The molecule has 2 bridgehead atoms. The van der Waals surface area contributed by atoms with E-state index >= 15 is 0 Å². The maximum Gasteiger partial charge on any atom is 0.306 e. The van der Waals surface area contributed by atoms with Gasteiger partial charge in [-0.15, -0.1) is 0 Å². The molecule has 3 rings (SSSR count). The van der Waals surface area contributed by atoms with Crippen LogP contribution in [0.2, 0.25) is 0 Å². The summed E-state index contributed by atoms with van der Waals surface area (Å²) < 4.78 is 5.42. The molecule has 5 heteroatoms. The molecule has 2 saturated carbocycles. The highest BCUT2D eigenvalue weighted by atomic mass is 16.5. The van der Waals surface area contributed by atoms with E-state index in [9.17, 15) is 9.59 Å². The van der Waals surface area contributed by atoms with Gasteiger partial charge >= 0.3 is 5.97 Å². The summed E-state index contributed by atoms with van der Waals surface area (Å²) in [5.74, 6) is 0.917. The first kappa shape index (κ1) is 12.9. The minimum atomic E-state index is -0.862. The topological polar surface area (TPSA) is 66.8 Å². The van der Waals surface area contributed by atoms with E-state index in [0.717, 1.165) is 12.3 Å². The average Bonchev–Trinajstić information content (AvgIpc) is 2.99. The Hall–Kier alpha value is -1.10. The SMILES string of the molecule is O=C(O)CC1CN(C(=O)C2CC3CCC2C3)CCO1. The molecule has 0 aromatic carbocycles. The number of carboxylic acids is 1. The summed E-state index contributed by atoms with van der Waals surface area (Å²) in [6, 6.07) is 0. The first-order valence-electron chi connectivity index (χ1n) is 7.25. The summed E-state index contributed by atoms with van der Waals surface area (Å²) in [4.78, 5) is 25.1. The number of hydrogen-bond acceptors (Lipinski definition) is 3. The molecule has 3 aliphatic rings. The molecule has 3 fully saturated rings. The van der Waals surface area contributed by atoms with E-state index in [2.05, 4.69) is 0 Å². The smallest absolute Gasteiger partial charge is 0.306 e. The molecular weight excluding hydrogens is 246 g/mol. The van der Waals surface area contributed by atoms with Crippen LogP contribution in [-0.2, 0) is 14.3 Å². The molecule has 1 aliphatic heterocycles. The molecule has 1 heterocycles. The van der Waals surface area contributed by atoms with Gasteiger partial charge in [-0.05, 0) is 31.1 Å². The van der Waals surface area contributed by atoms with Crippen molar-refractivity contribution in [2.75, 3.05) is 19.7 Å². The van der Waals surface area contributed by atoms with Crippen LogP contribution >= 0.6 is 0 Å². The molecule has 106 valence electrons. The lowest BCUT2D eigenvalue weighted by Gasteiger charge is -2.35. The third kappa shape index (κ3) is 2.61. The summed E-state index contributed by atoms with van der Waals surface area (Å²) >= 11 is 0. The number of morpholine rings is 1. The van der Waals surface area contributed by atoms with Gasteiger partial charge in [-0.1, -0.05) is 6.42 Å². The molecule has 0 aromatic rings. The van der Waals surface area contributed by atoms with Crippen LogP contribution < -0.4 is 0 Å². The summed E-state index contributed by atoms with van der Waals surface area (Å²) in [7, 11) is 0. The molecule has 0 radical (unpaired) electrons. The maximum absolute atomic E-state index is 12.5. The maximum atomic E-state index is 12.5. The third-order valence-corrected chi connectivity index (χ3v) is 4.91. The highest BCUT2D eigenvalue weighted by Gasteiger charge is 2.45. The van der Waals surface area contributed by atoms with Crippen LogP contribution in [-0.4, -0.2) is 47.7 Å². The number of carbonyl (C=O) groups excluding carboxylic acids is 1. The number of rotatable bonds is 3. The largest absolute Gasteiger partial charge is 0.481 e. The van der Waals surface area contributed by atoms with E-state index in [1.807, 2.05) is 4.90 Å². The van der Waals surface area contributed by atoms with Gasteiger partial charge in [-0.25, -0.2) is 0 Å². The molecule has 5 nitrogen and oxygen atoms in total. The Kier molecular flexibility index (Phi) is 3.48. The first-order valence-corrected chi connectivity index (χ1v) is 7.25. The number of aliphatic carboxylic acids is 1. The van der Waals surface area contributed by atoms with Crippen LogP contribution in [0.25, 0.3) is 0 Å². The molecule has 2 aliphatic carbocycles. The molecule has 1 N–H and O–H groups in total. The summed E-state index contributed by atoms with van der Waals surface area (Å²) in [5.41, 5.74) is 0. The number of fused-ring (bicyclic) bond motifs is 2. The summed E-state index contributed by atoms with van der Waals surface area (Å²) in [5, 5.41) is 8.80. The Balaban J connectivity index is 1.59. The van der Waals surface area contributed by atoms with Crippen molar-refractivity contribution in [3.63, 3.8) is 0 Å². The summed E-state index contributed by atoms with van der Waals surface area (Å²) in [6.07, 6.45) is 4.40. The normalized spacial score (nSPS) is 37.6. The highest BCUT2D eigenvalue weighted by molar-refractivity contribution is 5.80. The van der Waals surface area contributed by atoms with Gasteiger partial charge in [0.05, 0.1) is 19.1 Å².